The lowest BCUT2D eigenvalue weighted by Crippen LogP contribution is -2.34. The molecule has 2 aromatic heterocycles. The molecule has 0 atom stereocenters. The van der Waals surface area contributed by atoms with Gasteiger partial charge in [0.15, 0.2) is 0 Å². The first-order valence-electron chi connectivity index (χ1n) is 12.5. The maximum Gasteiger partial charge on any atom is 0.267 e. The molecule has 1 saturated heterocycles. The predicted octanol–water partition coefficient (Wildman–Crippen LogP) is 3.52. The topological polar surface area (TPSA) is 118 Å². The van der Waals surface area contributed by atoms with Gasteiger partial charge < -0.3 is 35.9 Å². The molecule has 0 aromatic carbocycles. The molecule has 188 valence electrons. The van der Waals surface area contributed by atoms with Crippen LogP contribution in [0.15, 0.2) is 36.8 Å². The molecule has 2 aromatic rings. The van der Waals surface area contributed by atoms with Crippen LogP contribution in [-0.4, -0.2) is 65.0 Å². The van der Waals surface area contributed by atoms with Gasteiger partial charge in [-0.15, -0.1) is 0 Å². The van der Waals surface area contributed by atoms with Crippen molar-refractivity contribution < 1.29 is 9.90 Å². The predicted molar refractivity (Wildman–Crippen MR) is 139 cm³/mol. The van der Waals surface area contributed by atoms with E-state index in [1.54, 1.807) is 13.1 Å². The van der Waals surface area contributed by atoms with E-state index < -0.39 is 0 Å². The molecule has 9 nitrogen and oxygen atoms in total. The van der Waals surface area contributed by atoms with Crippen molar-refractivity contribution in [2.75, 3.05) is 43.9 Å². The summed E-state index contributed by atoms with van der Waals surface area (Å²) in [7, 11) is 1.62. The number of pyridine rings is 1. The zero-order chi connectivity index (χ0) is 24.8. The molecule has 9 heteroatoms. The lowest BCUT2D eigenvalue weighted by molar-refractivity contribution is 0.0952. The average Bonchev–Trinajstić information content (AvgIpc) is 3.52. The standard InChI is InChI=1S/C26H37N7O2/c1-18(30-24-8-7-20(17-29-24)19-9-11-32(12-10-19)13-14-34)31-25-21(16-27)15-23(26(35)28-2)33(25)22-5-3-4-6-22/h7-8,15-17,19,22,27,31,34H,1,3-6,9-14H2,2H3,(H,28,35)(H,29,30). The number of hydrogen-bond acceptors (Lipinski definition) is 7. The van der Waals surface area contributed by atoms with Gasteiger partial charge >= 0.3 is 0 Å². The van der Waals surface area contributed by atoms with Crippen LogP contribution in [0.4, 0.5) is 11.6 Å². The number of piperidine rings is 1. The summed E-state index contributed by atoms with van der Waals surface area (Å²) in [5.74, 6) is 2.25. The Hall–Kier alpha value is -3.17. The highest BCUT2D eigenvalue weighted by molar-refractivity contribution is 5.98. The number of hydrogen-bond donors (Lipinski definition) is 5. The van der Waals surface area contributed by atoms with Crippen molar-refractivity contribution >= 4 is 23.8 Å². The van der Waals surface area contributed by atoms with E-state index >= 15 is 0 Å². The zero-order valence-corrected chi connectivity index (χ0v) is 20.5. The van der Waals surface area contributed by atoms with Gasteiger partial charge in [0.2, 0.25) is 0 Å². The number of aliphatic hydroxyl groups excluding tert-OH is 1. The Balaban J connectivity index is 1.44. The van der Waals surface area contributed by atoms with Gasteiger partial charge in [-0.1, -0.05) is 25.5 Å². The minimum absolute atomic E-state index is 0.161. The SMILES string of the molecule is C=C(Nc1ccc(C2CCN(CCO)CC2)cn1)Nc1c(C=N)cc(C(=O)NC)n1C1CCCC1. The number of amides is 1. The molecule has 35 heavy (non-hydrogen) atoms. The summed E-state index contributed by atoms with van der Waals surface area (Å²) in [5.41, 5.74) is 2.43. The Morgan fingerprint density at radius 1 is 1.23 bits per heavy atom. The fourth-order valence-electron chi connectivity index (χ4n) is 5.31. The molecule has 2 fully saturated rings. The second-order valence-electron chi connectivity index (χ2n) is 9.41. The Morgan fingerprint density at radius 3 is 2.57 bits per heavy atom. The molecule has 1 aliphatic heterocycles. The first-order valence-corrected chi connectivity index (χ1v) is 12.5. The van der Waals surface area contributed by atoms with Crippen molar-refractivity contribution in [1.82, 2.24) is 19.8 Å². The van der Waals surface area contributed by atoms with Gasteiger partial charge in [0, 0.05) is 37.6 Å². The Kier molecular flexibility index (Phi) is 8.20. The van der Waals surface area contributed by atoms with E-state index in [0.717, 1.165) is 58.2 Å². The van der Waals surface area contributed by atoms with Crippen LogP contribution in [0.3, 0.4) is 0 Å². The van der Waals surface area contributed by atoms with Gasteiger partial charge in [0.1, 0.15) is 23.2 Å². The molecule has 3 heterocycles. The van der Waals surface area contributed by atoms with Crippen LogP contribution in [0, 0.1) is 5.41 Å². The summed E-state index contributed by atoms with van der Waals surface area (Å²) in [5, 5.41) is 26.3. The maximum absolute atomic E-state index is 12.6. The Bertz CT molecular complexity index is 1030. The molecule has 0 unspecified atom stereocenters. The summed E-state index contributed by atoms with van der Waals surface area (Å²) in [4.78, 5) is 19.5. The number of aliphatic hydroxyl groups is 1. The van der Waals surface area contributed by atoms with Crippen LogP contribution < -0.4 is 16.0 Å². The third kappa shape index (κ3) is 5.74. The maximum atomic E-state index is 12.6. The fraction of sp³-hybridized carbons (Fsp3) is 0.500. The number of nitrogens with one attached hydrogen (secondary N) is 4. The molecule has 4 rings (SSSR count). The quantitative estimate of drug-likeness (QED) is 0.333. The highest BCUT2D eigenvalue weighted by atomic mass is 16.3. The van der Waals surface area contributed by atoms with Gasteiger partial charge in [-0.3, -0.25) is 4.79 Å². The van der Waals surface area contributed by atoms with E-state index in [1.807, 2.05) is 16.8 Å². The normalized spacial score (nSPS) is 17.3. The van der Waals surface area contributed by atoms with Crippen LogP contribution in [0.25, 0.3) is 0 Å². The van der Waals surface area contributed by atoms with Gasteiger partial charge in [-0.25, -0.2) is 4.98 Å². The van der Waals surface area contributed by atoms with Crippen LogP contribution >= 0.6 is 0 Å². The number of carbonyl (C=O) groups is 1. The van der Waals surface area contributed by atoms with Crippen molar-refractivity contribution in [2.45, 2.75) is 50.5 Å². The van der Waals surface area contributed by atoms with Crippen molar-refractivity contribution in [3.8, 4) is 0 Å². The first-order chi connectivity index (χ1) is 17.0. The number of rotatable bonds is 10. The molecule has 1 aliphatic carbocycles. The zero-order valence-electron chi connectivity index (χ0n) is 20.5. The second kappa shape index (κ2) is 11.5. The monoisotopic (exact) mass is 479 g/mol. The minimum Gasteiger partial charge on any atom is -0.395 e. The van der Waals surface area contributed by atoms with E-state index in [0.29, 0.717) is 34.6 Å². The van der Waals surface area contributed by atoms with Gasteiger partial charge in [-0.2, -0.15) is 0 Å². The number of β-amino-alcohol motifs (C(OH)–C–C–N with tert-alkyl or cyclic N) is 1. The number of anilines is 2. The Morgan fingerprint density at radius 2 is 1.97 bits per heavy atom. The lowest BCUT2D eigenvalue weighted by Gasteiger charge is -2.31. The van der Waals surface area contributed by atoms with Gasteiger partial charge in [0.25, 0.3) is 5.91 Å². The van der Waals surface area contributed by atoms with E-state index in [4.69, 9.17) is 10.5 Å². The van der Waals surface area contributed by atoms with Crippen LogP contribution in [0.2, 0.25) is 0 Å². The molecule has 5 N–H and O–H groups in total. The third-order valence-corrected chi connectivity index (χ3v) is 7.18. The summed E-state index contributed by atoms with van der Waals surface area (Å²) in [6.45, 7) is 7.08. The molecule has 0 spiro atoms. The van der Waals surface area contributed by atoms with Crippen molar-refractivity contribution in [2.24, 2.45) is 0 Å². The fourth-order valence-corrected chi connectivity index (χ4v) is 5.31. The van der Waals surface area contributed by atoms with E-state index in [9.17, 15) is 4.79 Å². The molecule has 0 bridgehead atoms. The minimum atomic E-state index is -0.161. The highest BCUT2D eigenvalue weighted by Crippen LogP contribution is 2.36. The van der Waals surface area contributed by atoms with Crippen molar-refractivity contribution in [3.05, 3.63) is 53.6 Å². The number of nitrogens with zero attached hydrogens (tertiary/aromatic N) is 3. The highest BCUT2D eigenvalue weighted by Gasteiger charge is 2.27. The van der Waals surface area contributed by atoms with E-state index in [1.165, 1.54) is 11.8 Å². The first kappa shape index (κ1) is 24.9. The third-order valence-electron chi connectivity index (χ3n) is 7.18. The molecule has 2 aliphatic rings. The average molecular weight is 480 g/mol. The second-order valence-corrected chi connectivity index (χ2v) is 9.41. The molecule has 1 saturated carbocycles. The molecular formula is C26H37N7O2. The van der Waals surface area contributed by atoms with Gasteiger partial charge in [-0.05, 0) is 62.4 Å². The molecule has 0 radical (unpaired) electrons. The molecule has 1 amide bonds. The summed E-state index contributed by atoms with van der Waals surface area (Å²) in [6, 6.07) is 6.06. The summed E-state index contributed by atoms with van der Waals surface area (Å²) < 4.78 is 2.03. The summed E-state index contributed by atoms with van der Waals surface area (Å²) >= 11 is 0. The largest absolute Gasteiger partial charge is 0.395 e. The van der Waals surface area contributed by atoms with Crippen LogP contribution in [-0.2, 0) is 0 Å². The smallest absolute Gasteiger partial charge is 0.267 e. The Labute approximate surface area is 207 Å². The van der Waals surface area contributed by atoms with Gasteiger partial charge in [0.05, 0.1) is 6.61 Å². The van der Waals surface area contributed by atoms with Crippen molar-refractivity contribution in [1.29, 1.82) is 5.41 Å². The van der Waals surface area contributed by atoms with E-state index in [-0.39, 0.29) is 18.6 Å². The van der Waals surface area contributed by atoms with E-state index in [2.05, 4.69) is 38.5 Å². The number of aromatic nitrogens is 2. The molecular weight excluding hydrogens is 442 g/mol. The van der Waals surface area contributed by atoms with Crippen molar-refractivity contribution in [3.63, 3.8) is 0 Å². The lowest BCUT2D eigenvalue weighted by atomic mass is 9.90. The van der Waals surface area contributed by atoms with Crippen LogP contribution in [0.5, 0.6) is 0 Å². The number of carbonyl (C=O) groups excluding carboxylic acids is 1. The number of likely N-dealkylation sites (tertiary alicyclic amines) is 1. The summed E-state index contributed by atoms with van der Waals surface area (Å²) in [6.07, 6.45) is 9.61. The van der Waals surface area contributed by atoms with Crippen LogP contribution in [0.1, 0.15) is 72.1 Å².